The molecular weight excluding hydrogens is 256 g/mol. The van der Waals surface area contributed by atoms with E-state index in [2.05, 4.69) is 9.97 Å². The highest BCUT2D eigenvalue weighted by Crippen LogP contribution is 2.09. The summed E-state index contributed by atoms with van der Waals surface area (Å²) < 4.78 is 7.17. The number of ether oxygens (including phenoxy) is 1. The van der Waals surface area contributed by atoms with E-state index in [0.29, 0.717) is 0 Å². The van der Waals surface area contributed by atoms with Crippen molar-refractivity contribution in [3.8, 4) is 0 Å². The Balaban J connectivity index is 2.82. The van der Waals surface area contributed by atoms with Crippen LogP contribution in [0, 0.1) is 0 Å². The number of H-pyrrole nitrogens is 1. The molecule has 0 aliphatic carbocycles. The molecule has 9 heteroatoms. The lowest BCUT2D eigenvalue weighted by molar-refractivity contribution is 0.0680. The molecule has 19 heavy (non-hydrogen) atoms. The SMILES string of the molecule is COCCn1c(=O)[nH]c(=O)c2c1nc(C(=O)O)n2C. The molecule has 2 aromatic heterocycles. The second-order valence-electron chi connectivity index (χ2n) is 3.88. The molecule has 0 saturated heterocycles. The smallest absolute Gasteiger partial charge is 0.372 e. The molecule has 0 spiro atoms. The zero-order valence-electron chi connectivity index (χ0n) is 10.3. The second kappa shape index (κ2) is 4.69. The molecule has 2 heterocycles. The fourth-order valence-corrected chi connectivity index (χ4v) is 1.83. The molecule has 2 aromatic rings. The van der Waals surface area contributed by atoms with Crippen LogP contribution in [0.25, 0.3) is 11.2 Å². The van der Waals surface area contributed by atoms with Crippen molar-refractivity contribution in [1.29, 1.82) is 0 Å². The summed E-state index contributed by atoms with van der Waals surface area (Å²) in [5, 5.41) is 8.99. The fourth-order valence-electron chi connectivity index (χ4n) is 1.83. The Bertz CT molecular complexity index is 754. The summed E-state index contributed by atoms with van der Waals surface area (Å²) in [6, 6.07) is 0. The Labute approximate surface area is 106 Å². The summed E-state index contributed by atoms with van der Waals surface area (Å²) in [6.45, 7) is 0.402. The molecule has 2 rings (SSSR count). The third-order valence-electron chi connectivity index (χ3n) is 2.72. The minimum Gasteiger partial charge on any atom is -0.475 e. The summed E-state index contributed by atoms with van der Waals surface area (Å²) in [6.07, 6.45) is 0. The van der Waals surface area contributed by atoms with E-state index in [4.69, 9.17) is 9.84 Å². The molecule has 0 bridgehead atoms. The topological polar surface area (TPSA) is 119 Å². The normalized spacial score (nSPS) is 11.1. The van der Waals surface area contributed by atoms with Crippen molar-refractivity contribution in [2.75, 3.05) is 13.7 Å². The maximum atomic E-state index is 11.7. The highest BCUT2D eigenvalue weighted by atomic mass is 16.5. The van der Waals surface area contributed by atoms with Gasteiger partial charge in [0.25, 0.3) is 5.56 Å². The van der Waals surface area contributed by atoms with Crippen LogP contribution in [-0.4, -0.2) is 43.9 Å². The first kappa shape index (κ1) is 13.0. The lowest BCUT2D eigenvalue weighted by Gasteiger charge is -2.04. The van der Waals surface area contributed by atoms with Crippen molar-refractivity contribution >= 4 is 17.1 Å². The molecule has 2 N–H and O–H groups in total. The minimum absolute atomic E-state index is 0.0331. The number of rotatable bonds is 4. The monoisotopic (exact) mass is 268 g/mol. The van der Waals surface area contributed by atoms with Crippen LogP contribution in [0.15, 0.2) is 9.59 Å². The van der Waals surface area contributed by atoms with Gasteiger partial charge in [0.05, 0.1) is 13.2 Å². The summed E-state index contributed by atoms with van der Waals surface area (Å²) in [4.78, 5) is 40.4. The van der Waals surface area contributed by atoms with Crippen LogP contribution >= 0.6 is 0 Å². The van der Waals surface area contributed by atoms with Crippen LogP contribution in [0.2, 0.25) is 0 Å². The maximum absolute atomic E-state index is 11.7. The van der Waals surface area contributed by atoms with Gasteiger partial charge in [-0.25, -0.2) is 14.6 Å². The lowest BCUT2D eigenvalue weighted by Crippen LogP contribution is -2.32. The molecular formula is C10H12N4O5. The van der Waals surface area contributed by atoms with E-state index in [9.17, 15) is 14.4 Å². The van der Waals surface area contributed by atoms with Crippen LogP contribution in [-0.2, 0) is 18.3 Å². The number of carbonyl (C=O) groups is 1. The molecule has 0 radical (unpaired) electrons. The van der Waals surface area contributed by atoms with E-state index in [-0.39, 0.29) is 30.1 Å². The van der Waals surface area contributed by atoms with Crippen molar-refractivity contribution < 1.29 is 14.6 Å². The number of carboxylic acid groups (broad SMARTS) is 1. The first-order valence-corrected chi connectivity index (χ1v) is 5.39. The van der Waals surface area contributed by atoms with E-state index in [0.717, 1.165) is 4.57 Å². The molecule has 0 aliphatic heterocycles. The highest BCUT2D eigenvalue weighted by Gasteiger charge is 2.19. The number of hydrogen-bond donors (Lipinski definition) is 2. The number of nitrogens with zero attached hydrogens (tertiary/aromatic N) is 3. The van der Waals surface area contributed by atoms with Crippen LogP contribution in [0.3, 0.4) is 0 Å². The number of aromatic nitrogens is 4. The number of carboxylic acids is 1. The summed E-state index contributed by atoms with van der Waals surface area (Å²) in [5.41, 5.74) is -1.25. The van der Waals surface area contributed by atoms with Crippen molar-refractivity contribution in [2.45, 2.75) is 6.54 Å². The van der Waals surface area contributed by atoms with Gasteiger partial charge in [0.1, 0.15) is 0 Å². The van der Waals surface area contributed by atoms with Gasteiger partial charge in [-0.15, -0.1) is 0 Å². The predicted octanol–water partition coefficient (Wildman–Crippen LogP) is -1.23. The van der Waals surface area contributed by atoms with E-state index >= 15 is 0 Å². The molecule has 0 aliphatic rings. The Morgan fingerprint density at radius 3 is 2.74 bits per heavy atom. The lowest BCUT2D eigenvalue weighted by atomic mass is 10.5. The number of aryl methyl sites for hydroxylation is 1. The third kappa shape index (κ3) is 2.03. The molecule has 0 saturated carbocycles. The van der Waals surface area contributed by atoms with Gasteiger partial charge in [0, 0.05) is 14.2 Å². The first-order chi connectivity index (χ1) is 8.97. The van der Waals surface area contributed by atoms with Gasteiger partial charge in [-0.3, -0.25) is 14.3 Å². The van der Waals surface area contributed by atoms with E-state index in [1.807, 2.05) is 0 Å². The van der Waals surface area contributed by atoms with Crippen molar-refractivity contribution in [2.24, 2.45) is 7.05 Å². The predicted molar refractivity (Wildman–Crippen MR) is 64.4 cm³/mol. The van der Waals surface area contributed by atoms with Crippen LogP contribution in [0.1, 0.15) is 10.6 Å². The van der Waals surface area contributed by atoms with Gasteiger partial charge >= 0.3 is 11.7 Å². The second-order valence-corrected chi connectivity index (χ2v) is 3.88. The first-order valence-electron chi connectivity index (χ1n) is 5.39. The average Bonchev–Trinajstić information content (AvgIpc) is 2.67. The molecule has 0 fully saturated rings. The molecule has 0 unspecified atom stereocenters. The Morgan fingerprint density at radius 2 is 2.16 bits per heavy atom. The van der Waals surface area contributed by atoms with Crippen molar-refractivity contribution in [3.05, 3.63) is 26.7 Å². The zero-order chi connectivity index (χ0) is 14.2. The van der Waals surface area contributed by atoms with Gasteiger partial charge in [0.15, 0.2) is 11.2 Å². The quantitative estimate of drug-likeness (QED) is 0.716. The van der Waals surface area contributed by atoms with Gasteiger partial charge in [-0.2, -0.15) is 0 Å². The van der Waals surface area contributed by atoms with Crippen LogP contribution < -0.4 is 11.2 Å². The number of methoxy groups -OCH3 is 1. The van der Waals surface area contributed by atoms with Crippen molar-refractivity contribution in [1.82, 2.24) is 19.1 Å². The van der Waals surface area contributed by atoms with E-state index in [1.54, 1.807) is 0 Å². The van der Waals surface area contributed by atoms with Gasteiger partial charge in [0.2, 0.25) is 5.82 Å². The Hall–Kier alpha value is -2.42. The standard InChI is InChI=1S/C10H12N4O5/c1-13-5-6(11-7(13)9(16)17)14(3-4-19-2)10(18)12-8(5)15/h3-4H2,1-2H3,(H,16,17)(H,12,15,18). The summed E-state index contributed by atoms with van der Waals surface area (Å²) in [5.74, 6) is -1.58. The number of hydrogen-bond acceptors (Lipinski definition) is 5. The number of fused-ring (bicyclic) bond motifs is 1. The van der Waals surface area contributed by atoms with Gasteiger partial charge in [-0.1, -0.05) is 0 Å². The Morgan fingerprint density at radius 1 is 1.47 bits per heavy atom. The average molecular weight is 268 g/mol. The largest absolute Gasteiger partial charge is 0.475 e. The summed E-state index contributed by atoms with van der Waals surface area (Å²) >= 11 is 0. The van der Waals surface area contributed by atoms with Gasteiger partial charge in [-0.05, 0) is 0 Å². The molecule has 9 nitrogen and oxygen atoms in total. The number of nitrogens with one attached hydrogen (secondary N) is 1. The van der Waals surface area contributed by atoms with Crippen molar-refractivity contribution in [3.63, 3.8) is 0 Å². The molecule has 0 aromatic carbocycles. The zero-order valence-corrected chi connectivity index (χ0v) is 10.3. The highest BCUT2D eigenvalue weighted by molar-refractivity contribution is 5.88. The maximum Gasteiger partial charge on any atom is 0.372 e. The molecule has 102 valence electrons. The van der Waals surface area contributed by atoms with Gasteiger partial charge < -0.3 is 14.4 Å². The van der Waals surface area contributed by atoms with E-state index in [1.165, 1.54) is 18.7 Å². The number of imidazole rings is 1. The third-order valence-corrected chi connectivity index (χ3v) is 2.72. The number of aromatic amines is 1. The Kier molecular flexibility index (Phi) is 3.21. The number of aromatic carboxylic acids is 1. The summed E-state index contributed by atoms with van der Waals surface area (Å²) in [7, 11) is 2.87. The van der Waals surface area contributed by atoms with E-state index < -0.39 is 17.2 Å². The molecule has 0 atom stereocenters. The van der Waals surface area contributed by atoms with Crippen LogP contribution in [0.4, 0.5) is 0 Å². The fraction of sp³-hybridized carbons (Fsp3) is 0.400. The van der Waals surface area contributed by atoms with Crippen LogP contribution in [0.5, 0.6) is 0 Å². The molecule has 0 amide bonds. The minimum atomic E-state index is -1.27.